The van der Waals surface area contributed by atoms with Gasteiger partial charge in [0.2, 0.25) is 0 Å². The number of thioether (sulfide) groups is 1. The predicted octanol–water partition coefficient (Wildman–Crippen LogP) is 0.966. The van der Waals surface area contributed by atoms with Gasteiger partial charge in [-0.3, -0.25) is 4.40 Å². The lowest BCUT2D eigenvalue weighted by atomic mass is 10.1. The highest BCUT2D eigenvalue weighted by Gasteiger charge is 2.10. The van der Waals surface area contributed by atoms with E-state index < -0.39 is 0 Å². The molecule has 2 rings (SSSR count). The maximum Gasteiger partial charge on any atom is 0.350 e. The van der Waals surface area contributed by atoms with E-state index in [2.05, 4.69) is 5.10 Å². The Bertz CT molecular complexity index is 582. The third-order valence-corrected chi connectivity index (χ3v) is 3.83. The first kappa shape index (κ1) is 13.2. The van der Waals surface area contributed by atoms with Crippen molar-refractivity contribution in [3.05, 3.63) is 34.9 Å². The molecule has 0 spiro atoms. The van der Waals surface area contributed by atoms with Crippen molar-refractivity contribution >= 4 is 17.4 Å². The molecule has 98 valence electrons. The number of nitrogens with zero attached hydrogens (tertiary/aromatic N) is 3. The van der Waals surface area contributed by atoms with Crippen LogP contribution in [0.3, 0.4) is 0 Å². The van der Waals surface area contributed by atoms with E-state index in [1.54, 1.807) is 22.4 Å². The highest BCUT2D eigenvalue weighted by molar-refractivity contribution is 7.99. The molecule has 0 aliphatic heterocycles. The average Bonchev–Trinajstić information content (AvgIpc) is 2.62. The summed E-state index contributed by atoms with van der Waals surface area (Å²) in [5.74, 6) is 1.71. The number of aromatic nitrogens is 3. The smallest absolute Gasteiger partial charge is 0.325 e. The van der Waals surface area contributed by atoms with Gasteiger partial charge in [-0.2, -0.15) is 11.8 Å². The van der Waals surface area contributed by atoms with Gasteiger partial charge in [0.1, 0.15) is 0 Å². The summed E-state index contributed by atoms with van der Waals surface area (Å²) >= 11 is 1.74. The van der Waals surface area contributed by atoms with Crippen molar-refractivity contribution < 1.29 is 0 Å². The molecule has 0 aliphatic rings. The van der Waals surface area contributed by atoms with Crippen molar-refractivity contribution in [3.8, 4) is 0 Å². The van der Waals surface area contributed by atoms with E-state index in [1.807, 2.05) is 32.0 Å². The second kappa shape index (κ2) is 5.16. The molecule has 0 bridgehead atoms. The lowest BCUT2D eigenvalue weighted by Gasteiger charge is -2.17. The summed E-state index contributed by atoms with van der Waals surface area (Å²) in [6.45, 7) is 4.61. The van der Waals surface area contributed by atoms with Crippen LogP contribution in [0.15, 0.2) is 29.2 Å². The highest BCUT2D eigenvalue weighted by atomic mass is 32.2. The molecule has 0 saturated carbocycles. The van der Waals surface area contributed by atoms with Crippen LogP contribution in [0.2, 0.25) is 0 Å². The number of aryl methyl sites for hydroxylation is 1. The maximum absolute atomic E-state index is 11.9. The van der Waals surface area contributed by atoms with E-state index in [4.69, 9.17) is 5.73 Å². The standard InChI is InChI=1S/C12H18N4OS/c1-12(2,13)9-18-8-7-16-11(17)15-6-4-3-5-10(15)14-16/h3-6H,7-9,13H2,1-2H3. The van der Waals surface area contributed by atoms with Crippen LogP contribution in [-0.4, -0.2) is 31.2 Å². The molecule has 0 fully saturated rings. The number of nitrogens with two attached hydrogens (primary N) is 1. The summed E-state index contributed by atoms with van der Waals surface area (Å²) in [7, 11) is 0. The second-order valence-electron chi connectivity index (χ2n) is 4.98. The van der Waals surface area contributed by atoms with Crippen molar-refractivity contribution in [2.24, 2.45) is 5.73 Å². The SMILES string of the molecule is CC(C)(N)CSCCn1nc2ccccn2c1=O. The van der Waals surface area contributed by atoms with Crippen molar-refractivity contribution in [3.63, 3.8) is 0 Å². The predicted molar refractivity (Wildman–Crippen MR) is 75.0 cm³/mol. The van der Waals surface area contributed by atoms with Gasteiger partial charge in [0, 0.05) is 23.2 Å². The molecule has 0 radical (unpaired) electrons. The van der Waals surface area contributed by atoms with E-state index in [0.717, 1.165) is 11.5 Å². The number of hydrogen-bond donors (Lipinski definition) is 1. The van der Waals surface area contributed by atoms with Crippen LogP contribution < -0.4 is 11.4 Å². The Morgan fingerprint density at radius 2 is 2.22 bits per heavy atom. The van der Waals surface area contributed by atoms with Crippen molar-refractivity contribution in [1.82, 2.24) is 14.2 Å². The Kier molecular flexibility index (Phi) is 3.77. The van der Waals surface area contributed by atoms with Gasteiger partial charge >= 0.3 is 5.69 Å². The van der Waals surface area contributed by atoms with Gasteiger partial charge in [0.05, 0.1) is 6.54 Å². The van der Waals surface area contributed by atoms with E-state index in [-0.39, 0.29) is 11.2 Å². The Morgan fingerprint density at radius 1 is 1.44 bits per heavy atom. The highest BCUT2D eigenvalue weighted by Crippen LogP contribution is 2.09. The van der Waals surface area contributed by atoms with Crippen molar-refractivity contribution in [2.75, 3.05) is 11.5 Å². The zero-order valence-electron chi connectivity index (χ0n) is 10.7. The third kappa shape index (κ3) is 3.14. The van der Waals surface area contributed by atoms with Crippen LogP contribution in [0.4, 0.5) is 0 Å². The van der Waals surface area contributed by atoms with Gasteiger partial charge in [-0.25, -0.2) is 9.48 Å². The molecule has 2 N–H and O–H groups in total. The maximum atomic E-state index is 11.9. The normalized spacial score (nSPS) is 12.2. The van der Waals surface area contributed by atoms with Crippen LogP contribution >= 0.6 is 11.8 Å². The number of rotatable bonds is 5. The zero-order valence-corrected chi connectivity index (χ0v) is 11.5. The van der Waals surface area contributed by atoms with Gasteiger partial charge < -0.3 is 5.73 Å². The summed E-state index contributed by atoms with van der Waals surface area (Å²) < 4.78 is 3.06. The molecule has 0 aromatic carbocycles. The lowest BCUT2D eigenvalue weighted by molar-refractivity contribution is 0.589. The van der Waals surface area contributed by atoms with E-state index in [9.17, 15) is 4.79 Å². The monoisotopic (exact) mass is 266 g/mol. The van der Waals surface area contributed by atoms with E-state index in [1.165, 1.54) is 4.68 Å². The minimum Gasteiger partial charge on any atom is -0.325 e. The number of pyridine rings is 1. The largest absolute Gasteiger partial charge is 0.350 e. The number of hydrogen-bond acceptors (Lipinski definition) is 4. The number of fused-ring (bicyclic) bond motifs is 1. The quantitative estimate of drug-likeness (QED) is 0.819. The molecule has 5 nitrogen and oxygen atoms in total. The molecule has 0 unspecified atom stereocenters. The van der Waals surface area contributed by atoms with Gasteiger partial charge in [-0.1, -0.05) is 6.07 Å². The third-order valence-electron chi connectivity index (χ3n) is 2.41. The van der Waals surface area contributed by atoms with Crippen LogP contribution in [0.5, 0.6) is 0 Å². The van der Waals surface area contributed by atoms with Crippen molar-refractivity contribution in [1.29, 1.82) is 0 Å². The Labute approximate surface area is 110 Å². The first-order valence-electron chi connectivity index (χ1n) is 5.88. The minimum absolute atomic E-state index is 0.0850. The second-order valence-corrected chi connectivity index (χ2v) is 6.08. The molecule has 0 amide bonds. The van der Waals surface area contributed by atoms with Gasteiger partial charge in [0.15, 0.2) is 5.65 Å². The minimum atomic E-state index is -0.172. The Morgan fingerprint density at radius 3 is 2.89 bits per heavy atom. The van der Waals surface area contributed by atoms with Crippen molar-refractivity contribution in [2.45, 2.75) is 25.9 Å². The average molecular weight is 266 g/mol. The fourth-order valence-corrected chi connectivity index (χ4v) is 2.57. The Hall–Kier alpha value is -1.27. The molecule has 0 atom stereocenters. The first-order valence-corrected chi connectivity index (χ1v) is 7.04. The zero-order chi connectivity index (χ0) is 13.2. The Balaban J connectivity index is 2.00. The van der Waals surface area contributed by atoms with Crippen LogP contribution in [0.1, 0.15) is 13.8 Å². The molecule has 18 heavy (non-hydrogen) atoms. The molecular weight excluding hydrogens is 248 g/mol. The fraction of sp³-hybridized carbons (Fsp3) is 0.500. The lowest BCUT2D eigenvalue weighted by Crippen LogP contribution is -2.35. The van der Waals surface area contributed by atoms with E-state index in [0.29, 0.717) is 12.2 Å². The first-order chi connectivity index (χ1) is 8.47. The fourth-order valence-electron chi connectivity index (χ4n) is 1.60. The summed E-state index contributed by atoms with van der Waals surface area (Å²) in [5, 5.41) is 4.27. The molecule has 6 heteroatoms. The summed E-state index contributed by atoms with van der Waals surface area (Å²) in [5.41, 5.74) is 6.33. The molecule has 0 aliphatic carbocycles. The van der Waals surface area contributed by atoms with Crippen LogP contribution in [-0.2, 0) is 6.54 Å². The van der Waals surface area contributed by atoms with E-state index >= 15 is 0 Å². The van der Waals surface area contributed by atoms with Gasteiger partial charge in [-0.15, -0.1) is 5.10 Å². The topological polar surface area (TPSA) is 65.3 Å². The van der Waals surface area contributed by atoms with Gasteiger partial charge in [-0.05, 0) is 26.0 Å². The summed E-state index contributed by atoms with van der Waals surface area (Å²) in [6.07, 6.45) is 1.73. The molecular formula is C12H18N4OS. The molecule has 2 aromatic rings. The summed E-state index contributed by atoms with van der Waals surface area (Å²) in [4.78, 5) is 11.9. The molecule has 2 aromatic heterocycles. The van der Waals surface area contributed by atoms with Crippen LogP contribution in [0, 0.1) is 0 Å². The molecule has 2 heterocycles. The van der Waals surface area contributed by atoms with Gasteiger partial charge in [0.25, 0.3) is 0 Å². The van der Waals surface area contributed by atoms with Crippen LogP contribution in [0.25, 0.3) is 5.65 Å². The summed E-state index contributed by atoms with van der Waals surface area (Å²) in [6, 6.07) is 5.53. The molecule has 0 saturated heterocycles.